The van der Waals surface area contributed by atoms with Crippen molar-refractivity contribution in [3.8, 4) is 11.4 Å². The van der Waals surface area contributed by atoms with Crippen molar-refractivity contribution in [1.29, 1.82) is 0 Å². The Morgan fingerprint density at radius 2 is 1.93 bits per heavy atom. The molecule has 4 rings (SSSR count). The maximum Gasteiger partial charge on any atom is 0.170 e. The van der Waals surface area contributed by atoms with E-state index < -0.39 is 0 Å². The molecule has 3 heterocycles. The summed E-state index contributed by atoms with van der Waals surface area (Å²) in [6.45, 7) is 3.93. The lowest BCUT2D eigenvalue weighted by molar-refractivity contribution is 0.163. The highest BCUT2D eigenvalue weighted by atomic mass is 32.1. The first-order chi connectivity index (χ1) is 14.7. The minimum absolute atomic E-state index is 0.0101. The Morgan fingerprint density at radius 1 is 1.10 bits per heavy atom. The van der Waals surface area contributed by atoms with Gasteiger partial charge >= 0.3 is 0 Å². The minimum Gasteiger partial charge on any atom is -0.494 e. The Morgan fingerprint density at radius 3 is 2.63 bits per heavy atom. The third-order valence-electron chi connectivity index (χ3n) is 5.24. The van der Waals surface area contributed by atoms with E-state index in [1.165, 1.54) is 0 Å². The number of benzene rings is 1. The van der Waals surface area contributed by atoms with Gasteiger partial charge in [0.1, 0.15) is 5.75 Å². The van der Waals surface area contributed by atoms with Crippen LogP contribution >= 0.6 is 12.2 Å². The third kappa shape index (κ3) is 4.04. The third-order valence-corrected chi connectivity index (χ3v) is 5.60. The lowest BCUT2D eigenvalue weighted by Crippen LogP contribution is -2.33. The molecule has 0 spiro atoms. The predicted molar refractivity (Wildman–Crippen MR) is 121 cm³/mol. The van der Waals surface area contributed by atoms with Gasteiger partial charge in [-0.05, 0) is 67.7 Å². The zero-order valence-electron chi connectivity index (χ0n) is 17.2. The number of aromatic nitrogens is 2. The predicted octanol–water partition coefficient (Wildman–Crippen LogP) is 3.89. The topological polar surface area (TPSA) is 51.5 Å². The number of ether oxygens (including phenoxy) is 2. The molecule has 1 aliphatic heterocycles. The molecule has 0 unspecified atom stereocenters. The van der Waals surface area contributed by atoms with Crippen LogP contribution in [0.4, 0.5) is 0 Å². The van der Waals surface area contributed by atoms with Crippen LogP contribution < -0.4 is 10.1 Å². The molecule has 1 aliphatic rings. The van der Waals surface area contributed by atoms with Gasteiger partial charge in [-0.25, -0.2) is 0 Å². The average Bonchev–Trinajstić information content (AvgIpc) is 3.38. The van der Waals surface area contributed by atoms with E-state index in [2.05, 4.69) is 50.2 Å². The van der Waals surface area contributed by atoms with Gasteiger partial charge in [0.25, 0.3) is 0 Å². The Kier molecular flexibility index (Phi) is 6.30. The van der Waals surface area contributed by atoms with Gasteiger partial charge < -0.3 is 24.3 Å². The summed E-state index contributed by atoms with van der Waals surface area (Å²) in [5, 5.41) is 4.19. The van der Waals surface area contributed by atoms with Gasteiger partial charge in [-0.3, -0.25) is 4.98 Å². The summed E-state index contributed by atoms with van der Waals surface area (Å²) in [6, 6.07) is 18.3. The van der Waals surface area contributed by atoms with E-state index in [0.29, 0.717) is 24.9 Å². The van der Waals surface area contributed by atoms with Crippen LogP contribution in [0.2, 0.25) is 0 Å². The average molecular weight is 423 g/mol. The molecular formula is C23H26N4O2S. The number of nitrogens with zero attached hydrogens (tertiary/aromatic N) is 3. The SMILES string of the molecule is CCOc1ccc(-n2cccc2[C@@H]2[C@@H](c3ccccn3)NC(=S)N2CCOC)cc1. The first kappa shape index (κ1) is 20.4. The van der Waals surface area contributed by atoms with Crippen LogP contribution in [0.1, 0.15) is 30.4 Å². The van der Waals surface area contributed by atoms with Crippen molar-refractivity contribution in [1.82, 2.24) is 19.8 Å². The first-order valence-electron chi connectivity index (χ1n) is 10.1. The molecule has 0 radical (unpaired) electrons. The van der Waals surface area contributed by atoms with Crippen molar-refractivity contribution >= 4 is 17.3 Å². The fraction of sp³-hybridized carbons (Fsp3) is 0.304. The van der Waals surface area contributed by atoms with Crippen LogP contribution in [0.15, 0.2) is 67.0 Å². The van der Waals surface area contributed by atoms with E-state index >= 15 is 0 Å². The van der Waals surface area contributed by atoms with E-state index in [1.54, 1.807) is 7.11 Å². The van der Waals surface area contributed by atoms with Crippen LogP contribution in [-0.4, -0.2) is 46.4 Å². The Hall–Kier alpha value is -2.90. The number of hydrogen-bond acceptors (Lipinski definition) is 4. The highest BCUT2D eigenvalue weighted by Crippen LogP contribution is 2.39. The van der Waals surface area contributed by atoms with E-state index in [-0.39, 0.29) is 12.1 Å². The van der Waals surface area contributed by atoms with Crippen molar-refractivity contribution < 1.29 is 9.47 Å². The maximum absolute atomic E-state index is 5.69. The molecule has 1 saturated heterocycles. The molecule has 6 nitrogen and oxygen atoms in total. The van der Waals surface area contributed by atoms with Crippen LogP contribution in [0.25, 0.3) is 5.69 Å². The zero-order chi connectivity index (χ0) is 20.9. The van der Waals surface area contributed by atoms with E-state index in [9.17, 15) is 0 Å². The normalized spacial score (nSPS) is 18.5. The van der Waals surface area contributed by atoms with Crippen LogP contribution in [0.5, 0.6) is 5.75 Å². The summed E-state index contributed by atoms with van der Waals surface area (Å²) >= 11 is 5.69. The molecule has 156 valence electrons. The summed E-state index contributed by atoms with van der Waals surface area (Å²) in [7, 11) is 1.71. The molecule has 30 heavy (non-hydrogen) atoms. The highest BCUT2D eigenvalue weighted by Gasteiger charge is 2.41. The number of pyridine rings is 1. The van der Waals surface area contributed by atoms with Crippen molar-refractivity contribution in [2.75, 3.05) is 26.9 Å². The van der Waals surface area contributed by atoms with E-state index in [1.807, 2.05) is 43.5 Å². The standard InChI is InChI=1S/C23H26N4O2S/c1-3-29-18-11-9-17(10-12-18)26-14-6-8-20(26)22-21(19-7-4-5-13-24-19)25-23(30)27(22)15-16-28-2/h4-14,21-22H,3,15-16H2,1-2H3,(H,25,30)/t21-,22-/m1/s1. The van der Waals surface area contributed by atoms with Gasteiger partial charge in [0, 0.05) is 37.4 Å². The zero-order valence-corrected chi connectivity index (χ0v) is 18.0. The summed E-state index contributed by atoms with van der Waals surface area (Å²) in [5.41, 5.74) is 3.17. The molecule has 1 aromatic carbocycles. The second-order valence-corrected chi connectivity index (χ2v) is 7.43. The van der Waals surface area contributed by atoms with E-state index in [0.717, 1.165) is 22.8 Å². The van der Waals surface area contributed by atoms with Crippen LogP contribution in [-0.2, 0) is 4.74 Å². The number of thiocarbonyl (C=S) groups is 1. The molecule has 1 fully saturated rings. The molecule has 2 aromatic heterocycles. The maximum atomic E-state index is 5.69. The highest BCUT2D eigenvalue weighted by molar-refractivity contribution is 7.80. The Balaban J connectivity index is 1.73. The molecule has 3 aromatic rings. The quantitative estimate of drug-likeness (QED) is 0.556. The van der Waals surface area contributed by atoms with Gasteiger partial charge in [-0.2, -0.15) is 0 Å². The first-order valence-corrected chi connectivity index (χ1v) is 10.5. The summed E-state index contributed by atoms with van der Waals surface area (Å²) in [5.74, 6) is 0.867. The number of nitrogens with one attached hydrogen (secondary N) is 1. The van der Waals surface area contributed by atoms with Crippen LogP contribution in [0.3, 0.4) is 0 Å². The smallest absolute Gasteiger partial charge is 0.170 e. The summed E-state index contributed by atoms with van der Waals surface area (Å²) < 4.78 is 13.1. The summed E-state index contributed by atoms with van der Waals surface area (Å²) in [6.07, 6.45) is 3.90. The molecule has 1 N–H and O–H groups in total. The minimum atomic E-state index is -0.0492. The molecule has 0 bridgehead atoms. The van der Waals surface area contributed by atoms with Crippen molar-refractivity contribution in [3.05, 3.63) is 78.4 Å². The second-order valence-electron chi connectivity index (χ2n) is 7.04. The Labute approximate surface area is 182 Å². The van der Waals surface area contributed by atoms with Gasteiger partial charge in [0.2, 0.25) is 0 Å². The molecule has 2 atom stereocenters. The lowest BCUT2D eigenvalue weighted by Gasteiger charge is -2.28. The second kappa shape index (κ2) is 9.28. The van der Waals surface area contributed by atoms with Crippen molar-refractivity contribution in [2.45, 2.75) is 19.0 Å². The van der Waals surface area contributed by atoms with Gasteiger partial charge in [-0.1, -0.05) is 6.07 Å². The summed E-state index contributed by atoms with van der Waals surface area (Å²) in [4.78, 5) is 6.79. The number of rotatable bonds is 8. The molecular weight excluding hydrogens is 396 g/mol. The number of hydrogen-bond donors (Lipinski definition) is 1. The van der Waals surface area contributed by atoms with Crippen LogP contribution in [0, 0.1) is 0 Å². The van der Waals surface area contributed by atoms with Gasteiger partial charge in [-0.15, -0.1) is 0 Å². The van der Waals surface area contributed by atoms with E-state index in [4.69, 9.17) is 21.7 Å². The monoisotopic (exact) mass is 422 g/mol. The fourth-order valence-corrected chi connectivity index (χ4v) is 4.23. The molecule has 7 heteroatoms. The largest absolute Gasteiger partial charge is 0.494 e. The number of methoxy groups -OCH3 is 1. The fourth-order valence-electron chi connectivity index (χ4n) is 3.90. The molecule has 0 aliphatic carbocycles. The Bertz CT molecular complexity index is 974. The lowest BCUT2D eigenvalue weighted by atomic mass is 10.0. The van der Waals surface area contributed by atoms with Crippen molar-refractivity contribution in [2.24, 2.45) is 0 Å². The van der Waals surface area contributed by atoms with Crippen molar-refractivity contribution in [3.63, 3.8) is 0 Å². The molecule has 0 amide bonds. The van der Waals surface area contributed by atoms with Gasteiger partial charge in [0.15, 0.2) is 5.11 Å². The van der Waals surface area contributed by atoms with Gasteiger partial charge in [0.05, 0.1) is 31.0 Å². The molecule has 0 saturated carbocycles.